The Labute approximate surface area is 141 Å². The van der Waals surface area contributed by atoms with E-state index < -0.39 is 48.0 Å². The first-order chi connectivity index (χ1) is 10.9. The largest absolute Gasteiger partial charge is 0.467 e. The van der Waals surface area contributed by atoms with Gasteiger partial charge in [0, 0.05) is 0 Å². The highest BCUT2D eigenvalue weighted by Gasteiger charge is 2.31. The third-order valence-corrected chi connectivity index (χ3v) is 2.83. The molecule has 0 bridgehead atoms. The van der Waals surface area contributed by atoms with E-state index in [1.54, 1.807) is 34.6 Å². The third kappa shape index (κ3) is 8.35. The summed E-state index contributed by atoms with van der Waals surface area (Å²) in [5, 5.41) is 4.73. The zero-order chi connectivity index (χ0) is 19.1. The van der Waals surface area contributed by atoms with Gasteiger partial charge in [-0.15, -0.1) is 0 Å². The Hall–Kier alpha value is -2.32. The van der Waals surface area contributed by atoms with Crippen LogP contribution in [0.3, 0.4) is 0 Å². The predicted molar refractivity (Wildman–Crippen MR) is 85.8 cm³/mol. The molecule has 138 valence electrons. The SMILES string of the molecule is COC(=O)[C@@H](NC(=O)[C@@H](CC(N)=O)NC(=O)OC(C)(C)C)C(C)C. The number of carbonyl (C=O) groups is 4. The van der Waals surface area contributed by atoms with Gasteiger partial charge >= 0.3 is 12.1 Å². The maximum atomic E-state index is 12.3. The van der Waals surface area contributed by atoms with Gasteiger partial charge in [0.25, 0.3) is 0 Å². The van der Waals surface area contributed by atoms with E-state index in [2.05, 4.69) is 15.4 Å². The van der Waals surface area contributed by atoms with Gasteiger partial charge in [-0.2, -0.15) is 0 Å². The molecule has 2 atom stereocenters. The van der Waals surface area contributed by atoms with Crippen molar-refractivity contribution in [2.75, 3.05) is 7.11 Å². The van der Waals surface area contributed by atoms with Crippen molar-refractivity contribution in [3.63, 3.8) is 0 Å². The standard InChI is InChI=1S/C15H27N3O6/c1-8(2)11(13(21)23-6)18-12(20)9(7-10(16)19)17-14(22)24-15(3,4)5/h8-9,11H,7H2,1-6H3,(H2,16,19)(H,17,22)(H,18,20)/t9-,11+/m1/s1. The average Bonchev–Trinajstić information content (AvgIpc) is 2.39. The summed E-state index contributed by atoms with van der Waals surface area (Å²) in [6.07, 6.45) is -1.31. The van der Waals surface area contributed by atoms with Crippen LogP contribution in [0.15, 0.2) is 0 Å². The number of primary amides is 1. The van der Waals surface area contributed by atoms with Crippen LogP contribution in [0, 0.1) is 5.92 Å². The number of amides is 3. The van der Waals surface area contributed by atoms with Gasteiger partial charge in [-0.25, -0.2) is 9.59 Å². The molecule has 3 amide bonds. The molecule has 0 heterocycles. The molecule has 24 heavy (non-hydrogen) atoms. The summed E-state index contributed by atoms with van der Waals surface area (Å²) in [5.74, 6) is -2.40. The van der Waals surface area contributed by atoms with E-state index >= 15 is 0 Å². The minimum atomic E-state index is -1.26. The topological polar surface area (TPSA) is 137 Å². The quantitative estimate of drug-likeness (QED) is 0.558. The molecular formula is C15H27N3O6. The van der Waals surface area contributed by atoms with Gasteiger partial charge in [0.15, 0.2) is 0 Å². The van der Waals surface area contributed by atoms with Gasteiger partial charge in [0.05, 0.1) is 13.5 Å². The first kappa shape index (κ1) is 21.7. The lowest BCUT2D eigenvalue weighted by molar-refractivity contribution is -0.146. The summed E-state index contributed by atoms with van der Waals surface area (Å²) >= 11 is 0. The van der Waals surface area contributed by atoms with E-state index in [9.17, 15) is 19.2 Å². The van der Waals surface area contributed by atoms with E-state index in [4.69, 9.17) is 10.5 Å². The van der Waals surface area contributed by atoms with Crippen molar-refractivity contribution >= 4 is 23.9 Å². The van der Waals surface area contributed by atoms with E-state index in [-0.39, 0.29) is 5.92 Å². The fourth-order valence-corrected chi connectivity index (χ4v) is 1.74. The molecule has 4 N–H and O–H groups in total. The van der Waals surface area contributed by atoms with Crippen LogP contribution in [0.1, 0.15) is 41.0 Å². The van der Waals surface area contributed by atoms with Gasteiger partial charge in [0.1, 0.15) is 17.7 Å². The molecule has 0 spiro atoms. The highest BCUT2D eigenvalue weighted by atomic mass is 16.6. The number of carbonyl (C=O) groups excluding carboxylic acids is 4. The van der Waals surface area contributed by atoms with Crippen molar-refractivity contribution in [2.45, 2.75) is 58.7 Å². The first-order valence-electron chi connectivity index (χ1n) is 7.53. The molecule has 0 aromatic heterocycles. The second kappa shape index (κ2) is 9.09. The Kier molecular flexibility index (Phi) is 8.21. The Morgan fingerprint density at radius 3 is 2.00 bits per heavy atom. The fraction of sp³-hybridized carbons (Fsp3) is 0.733. The molecular weight excluding hydrogens is 318 g/mol. The lowest BCUT2D eigenvalue weighted by atomic mass is 10.0. The van der Waals surface area contributed by atoms with Gasteiger partial charge in [-0.1, -0.05) is 13.8 Å². The molecule has 0 aromatic rings. The number of hydrogen-bond acceptors (Lipinski definition) is 6. The maximum Gasteiger partial charge on any atom is 0.408 e. The number of alkyl carbamates (subject to hydrolysis) is 1. The van der Waals surface area contributed by atoms with Crippen LogP contribution in [0.4, 0.5) is 4.79 Å². The monoisotopic (exact) mass is 345 g/mol. The molecule has 0 aliphatic heterocycles. The number of methoxy groups -OCH3 is 1. The molecule has 0 fully saturated rings. The van der Waals surface area contributed by atoms with Crippen molar-refractivity contribution < 1.29 is 28.7 Å². The molecule has 0 aliphatic carbocycles. The highest BCUT2D eigenvalue weighted by molar-refractivity contribution is 5.93. The Bertz CT molecular complexity index is 484. The molecule has 9 nitrogen and oxygen atoms in total. The van der Waals surface area contributed by atoms with Crippen LogP contribution in [0.2, 0.25) is 0 Å². The zero-order valence-corrected chi connectivity index (χ0v) is 15.0. The number of nitrogens with two attached hydrogens (primary N) is 1. The van der Waals surface area contributed by atoms with Gasteiger partial charge in [-0.3, -0.25) is 9.59 Å². The van der Waals surface area contributed by atoms with Crippen molar-refractivity contribution in [3.05, 3.63) is 0 Å². The Morgan fingerprint density at radius 2 is 1.62 bits per heavy atom. The maximum absolute atomic E-state index is 12.3. The second-order valence-electron chi connectivity index (χ2n) is 6.62. The highest BCUT2D eigenvalue weighted by Crippen LogP contribution is 2.08. The number of nitrogens with one attached hydrogen (secondary N) is 2. The van der Waals surface area contributed by atoms with E-state index in [0.717, 1.165) is 0 Å². The number of esters is 1. The minimum absolute atomic E-state index is 0.253. The van der Waals surface area contributed by atoms with Crippen LogP contribution in [-0.4, -0.2) is 48.7 Å². The van der Waals surface area contributed by atoms with Crippen LogP contribution in [0.25, 0.3) is 0 Å². The normalized spacial score (nSPS) is 13.6. The summed E-state index contributed by atoms with van der Waals surface area (Å²) < 4.78 is 9.67. The van der Waals surface area contributed by atoms with Gasteiger partial charge < -0.3 is 25.8 Å². The minimum Gasteiger partial charge on any atom is -0.467 e. The lowest BCUT2D eigenvalue weighted by Gasteiger charge is -2.25. The van der Waals surface area contributed by atoms with Gasteiger partial charge in [-0.05, 0) is 26.7 Å². The summed E-state index contributed by atoms with van der Waals surface area (Å²) in [6.45, 7) is 8.39. The van der Waals surface area contributed by atoms with Crippen molar-refractivity contribution in [1.82, 2.24) is 10.6 Å². The smallest absolute Gasteiger partial charge is 0.408 e. The second-order valence-corrected chi connectivity index (χ2v) is 6.62. The van der Waals surface area contributed by atoms with Crippen molar-refractivity contribution in [3.8, 4) is 0 Å². The molecule has 0 saturated carbocycles. The molecule has 0 rings (SSSR count). The first-order valence-corrected chi connectivity index (χ1v) is 7.53. The number of hydrogen-bond donors (Lipinski definition) is 3. The lowest BCUT2D eigenvalue weighted by Crippen LogP contribution is -2.54. The average molecular weight is 345 g/mol. The van der Waals surface area contributed by atoms with E-state index in [1.807, 2.05) is 0 Å². The predicted octanol–water partition coefficient (Wildman–Crippen LogP) is 0.0689. The summed E-state index contributed by atoms with van der Waals surface area (Å²) in [5.41, 5.74) is 4.33. The van der Waals surface area contributed by atoms with Crippen LogP contribution in [0.5, 0.6) is 0 Å². The molecule has 0 unspecified atom stereocenters. The number of rotatable bonds is 7. The van der Waals surface area contributed by atoms with E-state index in [1.165, 1.54) is 7.11 Å². The third-order valence-electron chi connectivity index (χ3n) is 2.83. The van der Waals surface area contributed by atoms with Crippen LogP contribution < -0.4 is 16.4 Å². The Morgan fingerprint density at radius 1 is 1.08 bits per heavy atom. The van der Waals surface area contributed by atoms with Crippen molar-refractivity contribution in [1.29, 1.82) is 0 Å². The Balaban J connectivity index is 5.09. The molecule has 0 aromatic carbocycles. The van der Waals surface area contributed by atoms with E-state index in [0.29, 0.717) is 0 Å². The summed E-state index contributed by atoms with van der Waals surface area (Å²) in [4.78, 5) is 47.0. The van der Waals surface area contributed by atoms with Crippen LogP contribution >= 0.6 is 0 Å². The summed E-state index contributed by atoms with van der Waals surface area (Å²) in [6, 6.07) is -2.18. The van der Waals surface area contributed by atoms with Gasteiger partial charge in [0.2, 0.25) is 11.8 Å². The van der Waals surface area contributed by atoms with Crippen LogP contribution in [-0.2, 0) is 23.9 Å². The zero-order valence-electron chi connectivity index (χ0n) is 15.0. The van der Waals surface area contributed by atoms with Crippen molar-refractivity contribution in [2.24, 2.45) is 11.7 Å². The molecule has 0 aliphatic rings. The number of ether oxygens (including phenoxy) is 2. The fourth-order valence-electron chi connectivity index (χ4n) is 1.74. The molecule has 0 saturated heterocycles. The molecule has 9 heteroatoms. The summed E-state index contributed by atoms with van der Waals surface area (Å²) in [7, 11) is 1.20. The molecule has 0 radical (unpaired) electrons.